The number of terminal acetylenes is 1. The minimum atomic E-state index is -3.44. The molecule has 2 amide bonds. The van der Waals surface area contributed by atoms with Crippen LogP contribution in [0.15, 0.2) is 23.1 Å². The first-order chi connectivity index (χ1) is 9.84. The quantitative estimate of drug-likeness (QED) is 0.622. The van der Waals surface area contributed by atoms with Crippen molar-refractivity contribution in [2.75, 3.05) is 18.1 Å². The molecule has 0 aromatic heterocycles. The number of urea groups is 1. The molecule has 0 fully saturated rings. The minimum Gasteiger partial charge on any atom is -0.338 e. The van der Waals surface area contributed by atoms with E-state index >= 15 is 0 Å². The summed E-state index contributed by atoms with van der Waals surface area (Å²) < 4.78 is 23.1. The van der Waals surface area contributed by atoms with E-state index in [4.69, 9.17) is 18.0 Å². The summed E-state index contributed by atoms with van der Waals surface area (Å²) >= 11 is 5.83. The van der Waals surface area contributed by atoms with Gasteiger partial charge in [0.2, 0.25) is 0 Å². The fraction of sp³-hybridized carbons (Fsp3) is 0.357. The number of nitrogens with one attached hydrogen (secondary N) is 2. The van der Waals surface area contributed by atoms with Crippen molar-refractivity contribution in [2.24, 2.45) is 0 Å². The summed E-state index contributed by atoms with van der Waals surface area (Å²) in [5.74, 6) is 2.52. The molecule has 0 aliphatic heterocycles. The van der Waals surface area contributed by atoms with Crippen LogP contribution in [0, 0.1) is 12.3 Å². The number of anilines is 1. The Morgan fingerprint density at radius 3 is 2.71 bits per heavy atom. The number of rotatable bonds is 6. The van der Waals surface area contributed by atoms with Gasteiger partial charge in [0.25, 0.3) is 0 Å². The number of hydrogen-bond donors (Lipinski definition) is 2. The van der Waals surface area contributed by atoms with Crippen LogP contribution in [0.3, 0.4) is 0 Å². The van der Waals surface area contributed by atoms with Gasteiger partial charge in [0, 0.05) is 24.9 Å². The molecule has 0 aliphatic carbocycles. The zero-order valence-electron chi connectivity index (χ0n) is 11.6. The summed E-state index contributed by atoms with van der Waals surface area (Å²) in [6.07, 6.45) is 8.49. The summed E-state index contributed by atoms with van der Waals surface area (Å²) in [6, 6.07) is 3.89. The molecular weight excluding hydrogens is 312 g/mol. The second-order valence-corrected chi connectivity index (χ2v) is 6.85. The van der Waals surface area contributed by atoms with Crippen LogP contribution >= 0.6 is 11.6 Å². The molecule has 21 heavy (non-hydrogen) atoms. The molecule has 114 valence electrons. The van der Waals surface area contributed by atoms with E-state index in [0.717, 1.165) is 19.1 Å². The van der Waals surface area contributed by atoms with Crippen LogP contribution in [0.5, 0.6) is 0 Å². The molecule has 1 rings (SSSR count). The average Bonchev–Trinajstić information content (AvgIpc) is 2.39. The van der Waals surface area contributed by atoms with Crippen molar-refractivity contribution in [3.63, 3.8) is 0 Å². The van der Waals surface area contributed by atoms with Crippen LogP contribution in [0.25, 0.3) is 0 Å². The monoisotopic (exact) mass is 328 g/mol. The molecule has 5 nitrogen and oxygen atoms in total. The number of halogens is 1. The van der Waals surface area contributed by atoms with Gasteiger partial charge in [-0.3, -0.25) is 0 Å². The molecule has 1 aromatic rings. The summed E-state index contributed by atoms with van der Waals surface area (Å²) in [6.45, 7) is 0.500. The number of carbonyl (C=O) groups excluding carboxylic acids is 1. The van der Waals surface area contributed by atoms with Gasteiger partial charge in [-0.2, -0.15) is 0 Å². The Bertz CT molecular complexity index is 651. The van der Waals surface area contributed by atoms with Gasteiger partial charge in [0.1, 0.15) is 0 Å². The highest BCUT2D eigenvalue weighted by atomic mass is 35.5. The van der Waals surface area contributed by atoms with Crippen LogP contribution in [-0.2, 0) is 9.84 Å². The second-order valence-electron chi connectivity index (χ2n) is 4.46. The molecule has 0 radical (unpaired) electrons. The molecule has 0 spiro atoms. The third-order valence-electron chi connectivity index (χ3n) is 2.62. The van der Waals surface area contributed by atoms with Crippen LogP contribution in [-0.4, -0.2) is 27.2 Å². The minimum absolute atomic E-state index is 0.0176. The van der Waals surface area contributed by atoms with Gasteiger partial charge in [0.05, 0.1) is 9.92 Å². The van der Waals surface area contributed by atoms with E-state index in [1.165, 1.54) is 18.2 Å². The van der Waals surface area contributed by atoms with Gasteiger partial charge in [-0.05, 0) is 31.0 Å². The fourth-order valence-electron chi connectivity index (χ4n) is 1.59. The van der Waals surface area contributed by atoms with Gasteiger partial charge in [-0.25, -0.2) is 13.2 Å². The first-order valence-corrected chi connectivity index (χ1v) is 8.59. The number of amides is 2. The highest BCUT2D eigenvalue weighted by Crippen LogP contribution is 2.24. The molecule has 0 heterocycles. The van der Waals surface area contributed by atoms with Gasteiger partial charge < -0.3 is 10.6 Å². The number of benzene rings is 1. The molecule has 0 atom stereocenters. The highest BCUT2D eigenvalue weighted by Gasteiger charge is 2.13. The van der Waals surface area contributed by atoms with E-state index < -0.39 is 15.9 Å². The molecular formula is C14H17ClN2O3S. The van der Waals surface area contributed by atoms with E-state index in [1.54, 1.807) is 0 Å². The van der Waals surface area contributed by atoms with E-state index in [9.17, 15) is 13.2 Å². The number of hydrogen-bond acceptors (Lipinski definition) is 3. The number of unbranched alkanes of at least 4 members (excludes halogenated alkanes) is 2. The van der Waals surface area contributed by atoms with Crippen molar-refractivity contribution in [3.05, 3.63) is 23.2 Å². The second kappa shape index (κ2) is 7.91. The average molecular weight is 329 g/mol. The molecule has 0 unspecified atom stereocenters. The summed E-state index contributed by atoms with van der Waals surface area (Å²) in [5.41, 5.74) is 0.362. The Hall–Kier alpha value is -1.71. The largest absolute Gasteiger partial charge is 0.338 e. The lowest BCUT2D eigenvalue weighted by molar-refractivity contribution is 0.252. The maximum absolute atomic E-state index is 11.6. The van der Waals surface area contributed by atoms with Crippen LogP contribution in [0.4, 0.5) is 10.5 Å². The Kier molecular flexibility index (Phi) is 6.53. The SMILES string of the molecule is C#CCCCCNC(=O)Nc1ccc(Cl)c(S(C)(=O)=O)c1. The Morgan fingerprint density at radius 2 is 2.10 bits per heavy atom. The number of carbonyl (C=O) groups is 1. The molecule has 7 heteroatoms. The van der Waals surface area contributed by atoms with Gasteiger partial charge in [0.15, 0.2) is 9.84 Å². The standard InChI is InChI=1S/C14H17ClN2O3S/c1-3-4-5-6-9-16-14(18)17-11-7-8-12(15)13(10-11)21(2,19)20/h1,7-8,10H,4-6,9H2,2H3,(H2,16,17,18). The lowest BCUT2D eigenvalue weighted by atomic mass is 10.2. The predicted octanol–water partition coefficient (Wildman–Crippen LogP) is 2.67. The molecule has 0 aliphatic rings. The maximum Gasteiger partial charge on any atom is 0.319 e. The molecule has 0 bridgehead atoms. The van der Waals surface area contributed by atoms with Crippen LogP contribution in [0.1, 0.15) is 19.3 Å². The Morgan fingerprint density at radius 1 is 1.38 bits per heavy atom. The van der Waals surface area contributed by atoms with Gasteiger partial charge >= 0.3 is 6.03 Å². The highest BCUT2D eigenvalue weighted by molar-refractivity contribution is 7.90. The molecule has 1 aromatic carbocycles. The van der Waals surface area contributed by atoms with Crippen molar-refractivity contribution in [2.45, 2.75) is 24.2 Å². The fourth-order valence-corrected chi connectivity index (χ4v) is 2.90. The summed E-state index contributed by atoms with van der Waals surface area (Å²) in [7, 11) is -3.44. The zero-order chi connectivity index (χ0) is 15.9. The lowest BCUT2D eigenvalue weighted by Gasteiger charge is -2.09. The molecule has 2 N–H and O–H groups in total. The first kappa shape index (κ1) is 17.3. The Labute approximate surface area is 130 Å². The normalized spacial score (nSPS) is 10.7. The third-order valence-corrected chi connectivity index (χ3v) is 4.20. The van der Waals surface area contributed by atoms with Crippen LogP contribution in [0.2, 0.25) is 5.02 Å². The van der Waals surface area contributed by atoms with Crippen molar-refractivity contribution in [1.82, 2.24) is 5.32 Å². The summed E-state index contributed by atoms with van der Waals surface area (Å²) in [4.78, 5) is 11.6. The van der Waals surface area contributed by atoms with E-state index in [2.05, 4.69) is 16.6 Å². The van der Waals surface area contributed by atoms with Gasteiger partial charge in [-0.1, -0.05) is 11.6 Å². The van der Waals surface area contributed by atoms with Crippen LogP contribution < -0.4 is 10.6 Å². The van der Waals surface area contributed by atoms with Crippen molar-refractivity contribution in [3.8, 4) is 12.3 Å². The topological polar surface area (TPSA) is 75.3 Å². The third kappa shape index (κ3) is 6.06. The summed E-state index contributed by atoms with van der Waals surface area (Å²) in [5, 5.41) is 5.34. The van der Waals surface area contributed by atoms with Crippen molar-refractivity contribution in [1.29, 1.82) is 0 Å². The lowest BCUT2D eigenvalue weighted by Crippen LogP contribution is -2.29. The smallest absolute Gasteiger partial charge is 0.319 e. The van der Waals surface area contributed by atoms with E-state index in [-0.39, 0.29) is 9.92 Å². The molecule has 0 saturated heterocycles. The predicted molar refractivity (Wildman–Crippen MR) is 84.3 cm³/mol. The van der Waals surface area contributed by atoms with E-state index in [1.807, 2.05) is 0 Å². The zero-order valence-corrected chi connectivity index (χ0v) is 13.2. The van der Waals surface area contributed by atoms with E-state index in [0.29, 0.717) is 18.7 Å². The first-order valence-electron chi connectivity index (χ1n) is 6.32. The van der Waals surface area contributed by atoms with Crippen molar-refractivity contribution < 1.29 is 13.2 Å². The number of sulfone groups is 1. The molecule has 0 saturated carbocycles. The maximum atomic E-state index is 11.6. The Balaban J connectivity index is 2.60. The van der Waals surface area contributed by atoms with Gasteiger partial charge in [-0.15, -0.1) is 12.3 Å². The van der Waals surface area contributed by atoms with Crippen molar-refractivity contribution >= 4 is 33.2 Å².